The molecule has 0 aromatic heterocycles. The molecule has 1 aromatic carbocycles. The average Bonchev–Trinajstić information content (AvgIpc) is 2.35. The molecular formula is C11H15F2N3O3S. The molecule has 9 heteroatoms. The van der Waals surface area contributed by atoms with Crippen LogP contribution in [0.3, 0.4) is 0 Å². The molecule has 0 saturated heterocycles. The molecule has 0 bridgehead atoms. The Bertz CT molecular complexity index is 573. The van der Waals surface area contributed by atoms with Gasteiger partial charge in [0.1, 0.15) is 0 Å². The summed E-state index contributed by atoms with van der Waals surface area (Å²) in [6, 6.07) is 5.44. The monoisotopic (exact) mass is 307 g/mol. The SMILES string of the molecule is NCC(F)(F)CNC(=O)c1ccc(CS(N)(=O)=O)cc1. The fourth-order valence-corrected chi connectivity index (χ4v) is 2.03. The van der Waals surface area contributed by atoms with Crippen molar-refractivity contribution in [1.29, 1.82) is 0 Å². The number of alkyl halides is 2. The van der Waals surface area contributed by atoms with Crippen LogP contribution in [0.4, 0.5) is 8.78 Å². The standard InChI is InChI=1S/C11H15F2N3O3S/c12-11(13,6-14)7-16-10(17)9-3-1-8(2-4-9)5-20(15,18)19/h1-4H,5-7,14H2,(H,16,17)(H2,15,18,19). The van der Waals surface area contributed by atoms with Crippen molar-refractivity contribution < 1.29 is 22.0 Å². The van der Waals surface area contributed by atoms with Gasteiger partial charge in [-0.15, -0.1) is 0 Å². The first-order valence-electron chi connectivity index (χ1n) is 5.58. The van der Waals surface area contributed by atoms with E-state index < -0.39 is 34.9 Å². The van der Waals surface area contributed by atoms with Gasteiger partial charge in [-0.05, 0) is 17.7 Å². The summed E-state index contributed by atoms with van der Waals surface area (Å²) >= 11 is 0. The first-order valence-corrected chi connectivity index (χ1v) is 7.30. The molecule has 0 aliphatic carbocycles. The number of benzene rings is 1. The highest BCUT2D eigenvalue weighted by atomic mass is 32.2. The quantitative estimate of drug-likeness (QED) is 0.675. The van der Waals surface area contributed by atoms with Crippen LogP contribution < -0.4 is 16.2 Å². The zero-order chi connectivity index (χ0) is 15.4. The molecule has 0 aliphatic rings. The number of hydrogen-bond acceptors (Lipinski definition) is 4. The van der Waals surface area contributed by atoms with Crippen molar-refractivity contribution in [2.75, 3.05) is 13.1 Å². The van der Waals surface area contributed by atoms with Gasteiger partial charge in [0.2, 0.25) is 10.0 Å². The average molecular weight is 307 g/mol. The number of primary sulfonamides is 1. The second-order valence-corrected chi connectivity index (χ2v) is 5.86. The van der Waals surface area contributed by atoms with E-state index in [4.69, 9.17) is 10.9 Å². The molecule has 5 N–H and O–H groups in total. The van der Waals surface area contributed by atoms with E-state index in [1.165, 1.54) is 24.3 Å². The smallest absolute Gasteiger partial charge is 0.277 e. The second-order valence-electron chi connectivity index (χ2n) is 4.25. The number of carbonyl (C=O) groups excluding carboxylic acids is 1. The number of nitrogens with one attached hydrogen (secondary N) is 1. The molecule has 0 atom stereocenters. The highest BCUT2D eigenvalue weighted by molar-refractivity contribution is 7.88. The number of rotatable bonds is 6. The lowest BCUT2D eigenvalue weighted by Crippen LogP contribution is -2.41. The van der Waals surface area contributed by atoms with Crippen molar-refractivity contribution in [2.45, 2.75) is 11.7 Å². The summed E-state index contributed by atoms with van der Waals surface area (Å²) in [4.78, 5) is 11.6. The second kappa shape index (κ2) is 6.25. The van der Waals surface area contributed by atoms with Crippen LogP contribution in [0.5, 0.6) is 0 Å². The number of sulfonamides is 1. The van der Waals surface area contributed by atoms with Crippen molar-refractivity contribution in [3.05, 3.63) is 35.4 Å². The van der Waals surface area contributed by atoms with Crippen LogP contribution in [0.2, 0.25) is 0 Å². The predicted molar refractivity (Wildman–Crippen MR) is 69.6 cm³/mol. The van der Waals surface area contributed by atoms with Crippen LogP contribution >= 0.6 is 0 Å². The fraction of sp³-hybridized carbons (Fsp3) is 0.364. The van der Waals surface area contributed by atoms with E-state index in [0.717, 1.165) is 0 Å². The van der Waals surface area contributed by atoms with Gasteiger partial charge in [0, 0.05) is 5.56 Å². The summed E-state index contributed by atoms with van der Waals surface area (Å²) in [5.74, 6) is -4.22. The van der Waals surface area contributed by atoms with Crippen LogP contribution in [0.15, 0.2) is 24.3 Å². The molecule has 1 amide bonds. The van der Waals surface area contributed by atoms with Gasteiger partial charge in [-0.25, -0.2) is 22.3 Å². The van der Waals surface area contributed by atoms with E-state index in [2.05, 4.69) is 0 Å². The van der Waals surface area contributed by atoms with Gasteiger partial charge < -0.3 is 11.1 Å². The Morgan fingerprint density at radius 1 is 1.25 bits per heavy atom. The minimum Gasteiger partial charge on any atom is -0.346 e. The van der Waals surface area contributed by atoms with Crippen LogP contribution in [-0.2, 0) is 15.8 Å². The summed E-state index contributed by atoms with van der Waals surface area (Å²) in [6.45, 7) is -1.72. The first-order chi connectivity index (χ1) is 9.13. The third kappa shape index (κ3) is 5.59. The minimum absolute atomic E-state index is 0.135. The maximum atomic E-state index is 12.9. The molecule has 0 radical (unpaired) electrons. The van der Waals surface area contributed by atoms with Crippen molar-refractivity contribution in [3.8, 4) is 0 Å². The largest absolute Gasteiger partial charge is 0.346 e. The summed E-state index contributed by atoms with van der Waals surface area (Å²) in [5.41, 5.74) is 5.37. The Morgan fingerprint density at radius 2 is 1.80 bits per heavy atom. The van der Waals surface area contributed by atoms with E-state index in [-0.39, 0.29) is 11.3 Å². The Labute approximate surface area is 115 Å². The van der Waals surface area contributed by atoms with Crippen molar-refractivity contribution in [1.82, 2.24) is 5.32 Å². The first kappa shape index (κ1) is 16.5. The van der Waals surface area contributed by atoms with Gasteiger partial charge in [0.25, 0.3) is 11.8 Å². The lowest BCUT2D eigenvalue weighted by molar-refractivity contribution is 0.0118. The van der Waals surface area contributed by atoms with Gasteiger partial charge in [0.05, 0.1) is 18.8 Å². The van der Waals surface area contributed by atoms with Crippen LogP contribution in [-0.4, -0.2) is 33.3 Å². The Balaban J connectivity index is 2.67. The topological polar surface area (TPSA) is 115 Å². The summed E-state index contributed by atoms with van der Waals surface area (Å²) < 4.78 is 47.5. The molecule has 0 saturated carbocycles. The van der Waals surface area contributed by atoms with E-state index in [1.54, 1.807) is 0 Å². The Kier molecular flexibility index (Phi) is 5.15. The Hall–Kier alpha value is -1.58. The van der Waals surface area contributed by atoms with E-state index in [9.17, 15) is 22.0 Å². The number of nitrogens with two attached hydrogens (primary N) is 2. The molecule has 0 unspecified atom stereocenters. The van der Waals surface area contributed by atoms with Gasteiger partial charge in [-0.3, -0.25) is 4.79 Å². The third-order valence-corrected chi connectivity index (χ3v) is 3.13. The molecule has 6 nitrogen and oxygen atoms in total. The number of carbonyl (C=O) groups is 1. The van der Waals surface area contributed by atoms with Gasteiger partial charge >= 0.3 is 0 Å². The Morgan fingerprint density at radius 3 is 2.25 bits per heavy atom. The number of halogens is 2. The van der Waals surface area contributed by atoms with E-state index in [1.807, 2.05) is 5.32 Å². The molecule has 112 valence electrons. The number of amides is 1. The van der Waals surface area contributed by atoms with Gasteiger partial charge in [-0.1, -0.05) is 12.1 Å². The molecule has 1 aromatic rings. The van der Waals surface area contributed by atoms with Gasteiger partial charge in [0.15, 0.2) is 0 Å². The van der Waals surface area contributed by atoms with E-state index in [0.29, 0.717) is 5.56 Å². The zero-order valence-corrected chi connectivity index (χ0v) is 11.3. The predicted octanol–water partition coefficient (Wildman–Crippen LogP) is -0.201. The van der Waals surface area contributed by atoms with E-state index >= 15 is 0 Å². The highest BCUT2D eigenvalue weighted by Crippen LogP contribution is 2.10. The maximum Gasteiger partial charge on any atom is 0.277 e. The lowest BCUT2D eigenvalue weighted by Gasteiger charge is -2.14. The third-order valence-electron chi connectivity index (χ3n) is 2.39. The summed E-state index contributed by atoms with van der Waals surface area (Å²) in [7, 11) is -3.66. The molecule has 20 heavy (non-hydrogen) atoms. The summed E-state index contributed by atoms with van der Waals surface area (Å²) in [5, 5.41) is 6.92. The molecule has 0 aliphatic heterocycles. The van der Waals surface area contributed by atoms with Crippen LogP contribution in [0, 0.1) is 0 Å². The van der Waals surface area contributed by atoms with Crippen LogP contribution in [0.1, 0.15) is 15.9 Å². The van der Waals surface area contributed by atoms with Crippen molar-refractivity contribution >= 4 is 15.9 Å². The minimum atomic E-state index is -3.66. The number of hydrogen-bond donors (Lipinski definition) is 3. The molecule has 0 heterocycles. The van der Waals surface area contributed by atoms with Crippen molar-refractivity contribution in [3.63, 3.8) is 0 Å². The highest BCUT2D eigenvalue weighted by Gasteiger charge is 2.27. The molecule has 0 fully saturated rings. The molecule has 0 spiro atoms. The fourth-order valence-electron chi connectivity index (χ4n) is 1.37. The van der Waals surface area contributed by atoms with Crippen molar-refractivity contribution in [2.24, 2.45) is 10.9 Å². The maximum absolute atomic E-state index is 12.9. The van der Waals surface area contributed by atoms with Gasteiger partial charge in [-0.2, -0.15) is 0 Å². The summed E-state index contributed by atoms with van der Waals surface area (Å²) in [6.07, 6.45) is 0. The normalized spacial score (nSPS) is 12.2. The molecular weight excluding hydrogens is 292 g/mol. The molecule has 1 rings (SSSR count). The van der Waals surface area contributed by atoms with Crippen LogP contribution in [0.25, 0.3) is 0 Å². The lowest BCUT2D eigenvalue weighted by atomic mass is 10.1. The zero-order valence-electron chi connectivity index (χ0n) is 10.5.